The minimum absolute atomic E-state index is 0.0141. The molecule has 2 aromatic heterocycles. The van der Waals surface area contributed by atoms with Gasteiger partial charge in [0, 0.05) is 66.4 Å². The van der Waals surface area contributed by atoms with Crippen LogP contribution in [0.1, 0.15) is 140 Å². The summed E-state index contributed by atoms with van der Waals surface area (Å²) in [7, 11) is 0. The Kier molecular flexibility index (Phi) is 17.0. The summed E-state index contributed by atoms with van der Waals surface area (Å²) in [6.07, 6.45) is 10.6. The van der Waals surface area contributed by atoms with E-state index in [4.69, 9.17) is 4.74 Å². The van der Waals surface area contributed by atoms with Gasteiger partial charge >= 0.3 is 0 Å². The Balaban J connectivity index is 0.800. The van der Waals surface area contributed by atoms with Gasteiger partial charge in [-0.3, -0.25) is 19.3 Å². The fourth-order valence-corrected chi connectivity index (χ4v) is 10.7. The van der Waals surface area contributed by atoms with Gasteiger partial charge in [-0.05, 0) is 88.0 Å². The van der Waals surface area contributed by atoms with E-state index < -0.39 is 40.8 Å². The molecular formula is C55H70F3N6O4S. The number of alkyl halides is 1. The molecule has 0 saturated carbocycles. The molecule has 0 aliphatic carbocycles. The molecule has 1 radical (unpaired) electrons. The second-order valence-electron chi connectivity index (χ2n) is 20.7. The molecule has 4 atom stereocenters. The first-order valence-corrected chi connectivity index (χ1v) is 25.6. The summed E-state index contributed by atoms with van der Waals surface area (Å²) in [5.74, 6) is -1.95. The van der Waals surface area contributed by atoms with Crippen LogP contribution in [0.4, 0.5) is 13.2 Å². The van der Waals surface area contributed by atoms with E-state index in [2.05, 4.69) is 20.6 Å². The molecule has 2 aliphatic heterocycles. The molecule has 5 aromatic rings. The number of likely N-dealkylation sites (tertiary alicyclic amines) is 1. The zero-order chi connectivity index (χ0) is 49.5. The van der Waals surface area contributed by atoms with Gasteiger partial charge < -0.3 is 25.3 Å². The van der Waals surface area contributed by atoms with E-state index in [9.17, 15) is 14.4 Å². The summed E-state index contributed by atoms with van der Waals surface area (Å²) in [5.41, 5.74) is 5.19. The van der Waals surface area contributed by atoms with E-state index in [1.54, 1.807) is 16.2 Å². The number of unbranched alkanes of at least 4 members (excludes halogenated alkanes) is 7. The van der Waals surface area contributed by atoms with E-state index in [1.807, 2.05) is 100.0 Å². The maximum Gasteiger partial charge on any atom is 0.246 e. The third-order valence-electron chi connectivity index (χ3n) is 13.5. The number of aromatic nitrogens is 2. The SMILES string of the molecule is Cc1ncsc1-c1ccc(CNC(=O)[C@@H]2C[CH]CN2C(=O)[C@@H](NC(=O)CCCCCCCCCCOc2cc(F)c([C@@H]3c4[nH]c5ccccc5c4C[C@@H](C)N3CC(C)(C)F)c(F)c2)C(C)(C)C)cc1. The van der Waals surface area contributed by atoms with E-state index in [1.165, 1.54) is 26.0 Å². The minimum Gasteiger partial charge on any atom is -0.493 e. The fraction of sp³-hybridized carbons (Fsp3) is 0.509. The lowest BCUT2D eigenvalue weighted by Crippen LogP contribution is -2.57. The van der Waals surface area contributed by atoms with Crippen molar-refractivity contribution in [2.75, 3.05) is 19.7 Å². The highest BCUT2D eigenvalue weighted by Crippen LogP contribution is 2.44. The molecule has 0 unspecified atom stereocenters. The number of carbonyl (C=O) groups is 3. The molecule has 371 valence electrons. The molecule has 69 heavy (non-hydrogen) atoms. The Morgan fingerprint density at radius 3 is 2.25 bits per heavy atom. The molecule has 7 rings (SSSR count). The van der Waals surface area contributed by atoms with Gasteiger partial charge in [-0.15, -0.1) is 11.3 Å². The number of carbonyl (C=O) groups excluding carboxylic acids is 3. The van der Waals surface area contributed by atoms with Gasteiger partial charge in [0.25, 0.3) is 0 Å². The standard InChI is InChI=1S/C55H70F3N6O4S/c1-35-29-41-40-19-15-16-20-44(40)61-48(41)49(64(35)33-55(6,7)58)47-42(56)30-39(31-43(47)57)68-28-17-13-11-9-8-10-12-14-22-46(65)62-51(54(3,4)5)53(67)63-27-18-21-45(63)52(66)59-32-37-23-25-38(26-24-37)50-36(2)60-34-69-50/h15-16,18-20,23-26,30-31,34-35,45,49,51,61H,8-14,17,21-22,27-29,32-33H2,1-7H3,(H,59,66)(H,62,65)/t35-,45+,49-,51-/m1/s1. The van der Waals surface area contributed by atoms with E-state index in [0.29, 0.717) is 51.1 Å². The Hall–Kier alpha value is -5.21. The predicted molar refractivity (Wildman–Crippen MR) is 269 cm³/mol. The Labute approximate surface area is 410 Å². The minimum atomic E-state index is -1.58. The lowest BCUT2D eigenvalue weighted by molar-refractivity contribution is -0.143. The number of ether oxygens (including phenoxy) is 1. The third kappa shape index (κ3) is 13.0. The highest BCUT2D eigenvalue weighted by Gasteiger charge is 2.43. The van der Waals surface area contributed by atoms with Crippen molar-refractivity contribution in [2.45, 2.75) is 155 Å². The van der Waals surface area contributed by atoms with Gasteiger partial charge in [-0.25, -0.2) is 18.2 Å². The zero-order valence-electron chi connectivity index (χ0n) is 41.4. The summed E-state index contributed by atoms with van der Waals surface area (Å²) >= 11 is 1.60. The van der Waals surface area contributed by atoms with E-state index >= 15 is 13.2 Å². The smallest absolute Gasteiger partial charge is 0.246 e. The van der Waals surface area contributed by atoms with Gasteiger partial charge in [0.1, 0.15) is 35.1 Å². The number of rotatable bonds is 21. The molecule has 14 heteroatoms. The second-order valence-corrected chi connectivity index (χ2v) is 21.6. The first kappa shape index (κ1) is 51.6. The van der Waals surface area contributed by atoms with Crippen molar-refractivity contribution in [2.24, 2.45) is 5.41 Å². The molecule has 1 fully saturated rings. The van der Waals surface area contributed by atoms with Gasteiger partial charge in [0.05, 0.1) is 28.7 Å². The van der Waals surface area contributed by atoms with Crippen LogP contribution in [-0.4, -0.2) is 81.0 Å². The van der Waals surface area contributed by atoms with Crippen LogP contribution in [0.15, 0.2) is 66.2 Å². The lowest BCUT2D eigenvalue weighted by atomic mass is 9.85. The predicted octanol–water partition coefficient (Wildman–Crippen LogP) is 11.5. The normalized spacial score (nSPS) is 18.1. The van der Waals surface area contributed by atoms with Crippen LogP contribution in [0, 0.1) is 30.4 Å². The van der Waals surface area contributed by atoms with Gasteiger partial charge in [0.15, 0.2) is 0 Å². The van der Waals surface area contributed by atoms with Crippen LogP contribution in [0.25, 0.3) is 21.3 Å². The largest absolute Gasteiger partial charge is 0.493 e. The van der Waals surface area contributed by atoms with Crippen molar-refractivity contribution in [3.05, 3.63) is 112 Å². The monoisotopic (exact) mass is 968 g/mol. The van der Waals surface area contributed by atoms with Crippen LogP contribution in [0.2, 0.25) is 0 Å². The topological polar surface area (TPSA) is 120 Å². The van der Waals surface area contributed by atoms with Crippen molar-refractivity contribution >= 4 is 40.0 Å². The molecule has 0 bridgehead atoms. The van der Waals surface area contributed by atoms with Crippen molar-refractivity contribution in [3.63, 3.8) is 0 Å². The molecule has 10 nitrogen and oxygen atoms in total. The van der Waals surface area contributed by atoms with Crippen molar-refractivity contribution in [3.8, 4) is 16.2 Å². The summed E-state index contributed by atoms with van der Waals surface area (Å²) in [6.45, 7) is 13.8. The molecular weight excluding hydrogens is 898 g/mol. The molecule has 3 N–H and O–H groups in total. The molecule has 2 aliphatic rings. The Bertz CT molecular complexity index is 2520. The van der Waals surface area contributed by atoms with Gasteiger partial charge in [0.2, 0.25) is 17.7 Å². The molecule has 3 amide bonds. The highest BCUT2D eigenvalue weighted by molar-refractivity contribution is 7.13. The number of para-hydroxylation sites is 1. The van der Waals surface area contributed by atoms with E-state index in [0.717, 1.165) is 83.1 Å². The number of hydrogen-bond donors (Lipinski definition) is 3. The molecule has 0 spiro atoms. The summed E-state index contributed by atoms with van der Waals surface area (Å²) in [4.78, 5) is 52.9. The number of benzene rings is 3. The van der Waals surface area contributed by atoms with Crippen molar-refractivity contribution in [1.82, 2.24) is 30.4 Å². The first-order chi connectivity index (χ1) is 32.9. The number of amides is 3. The maximum atomic E-state index is 16.1. The quantitative estimate of drug-likeness (QED) is 0.0630. The lowest BCUT2D eigenvalue weighted by Gasteiger charge is -2.43. The average molecular weight is 968 g/mol. The summed E-state index contributed by atoms with van der Waals surface area (Å²) in [6, 6.07) is 16.0. The number of hydrogen-bond acceptors (Lipinski definition) is 7. The van der Waals surface area contributed by atoms with Gasteiger partial charge in [-0.1, -0.05) is 102 Å². The van der Waals surface area contributed by atoms with Crippen LogP contribution >= 0.6 is 11.3 Å². The fourth-order valence-electron chi connectivity index (χ4n) is 9.87. The maximum absolute atomic E-state index is 16.1. The third-order valence-corrected chi connectivity index (χ3v) is 14.5. The number of H-pyrrole nitrogens is 1. The van der Waals surface area contributed by atoms with Crippen LogP contribution in [0.5, 0.6) is 5.75 Å². The van der Waals surface area contributed by atoms with E-state index in [-0.39, 0.29) is 41.6 Å². The number of halogens is 3. The molecule has 1 saturated heterocycles. The Morgan fingerprint density at radius 1 is 0.928 bits per heavy atom. The number of nitrogens with one attached hydrogen (secondary N) is 3. The Morgan fingerprint density at radius 2 is 1.59 bits per heavy atom. The number of aromatic amines is 1. The number of nitrogens with zero attached hydrogens (tertiary/aromatic N) is 3. The van der Waals surface area contributed by atoms with Crippen LogP contribution in [0.3, 0.4) is 0 Å². The zero-order valence-corrected chi connectivity index (χ0v) is 42.2. The number of thiazole rings is 1. The highest BCUT2D eigenvalue weighted by atomic mass is 32.1. The summed E-state index contributed by atoms with van der Waals surface area (Å²) in [5, 5.41) is 7.03. The van der Waals surface area contributed by atoms with Gasteiger partial charge in [-0.2, -0.15) is 0 Å². The summed E-state index contributed by atoms with van der Waals surface area (Å²) < 4.78 is 53.1. The van der Waals surface area contributed by atoms with Crippen molar-refractivity contribution in [1.29, 1.82) is 0 Å². The second kappa shape index (κ2) is 22.7. The van der Waals surface area contributed by atoms with Crippen molar-refractivity contribution < 1.29 is 32.3 Å². The number of aryl methyl sites for hydroxylation is 1. The molecule has 4 heterocycles. The number of fused-ring (bicyclic) bond motifs is 3. The van der Waals surface area contributed by atoms with Crippen LogP contribution in [-0.2, 0) is 27.3 Å². The van der Waals surface area contributed by atoms with Crippen LogP contribution < -0.4 is 15.4 Å². The first-order valence-electron chi connectivity index (χ1n) is 24.7. The average Bonchev–Trinajstić information content (AvgIpc) is 4.05. The molecule has 3 aromatic carbocycles.